The van der Waals surface area contributed by atoms with Gasteiger partial charge in [0.05, 0.1) is 13.2 Å². The molecule has 2 aromatic rings. The minimum absolute atomic E-state index is 0.0965. The van der Waals surface area contributed by atoms with E-state index in [1.54, 1.807) is 12.1 Å². The zero-order valence-corrected chi connectivity index (χ0v) is 16.3. The minimum Gasteiger partial charge on any atom is -0.465 e. The summed E-state index contributed by atoms with van der Waals surface area (Å²) in [4.78, 5) is 25.8. The maximum Gasteiger partial charge on any atom is 0.365 e. The maximum atomic E-state index is 12.6. The van der Waals surface area contributed by atoms with Crippen LogP contribution in [0.3, 0.4) is 0 Å². The fourth-order valence-electron chi connectivity index (χ4n) is 3.57. The van der Waals surface area contributed by atoms with E-state index in [4.69, 9.17) is 16.3 Å². The number of hydrogen-bond donors (Lipinski definition) is 2. The van der Waals surface area contributed by atoms with Crippen LogP contribution in [0.5, 0.6) is 0 Å². The standard InChI is InChI=1S/C21H23ClN2O3/c1-14(15-7-9-18(22)10-8-15)23-20(25)13-24-12-17-6-4-3-5-16(17)11-19(24)21(26)27-2/h3-10,14,19H,11-13H2,1-2H3,(H,23,25)/p+1/t14-,19+/m0/s1. The Balaban J connectivity index is 1.69. The number of hydrogen-bond acceptors (Lipinski definition) is 3. The average molecular weight is 388 g/mol. The molecule has 0 bridgehead atoms. The number of rotatable bonds is 5. The third-order valence-corrected chi connectivity index (χ3v) is 5.33. The van der Waals surface area contributed by atoms with E-state index in [2.05, 4.69) is 11.4 Å². The van der Waals surface area contributed by atoms with Gasteiger partial charge in [0.1, 0.15) is 6.54 Å². The van der Waals surface area contributed by atoms with Crippen molar-refractivity contribution >= 4 is 23.5 Å². The Labute approximate surface area is 164 Å². The second-order valence-electron chi connectivity index (χ2n) is 6.90. The minimum atomic E-state index is -0.374. The third-order valence-electron chi connectivity index (χ3n) is 5.07. The van der Waals surface area contributed by atoms with E-state index < -0.39 is 0 Å². The zero-order valence-electron chi connectivity index (χ0n) is 15.5. The van der Waals surface area contributed by atoms with E-state index in [1.807, 2.05) is 37.3 Å². The number of carbonyl (C=O) groups is 2. The van der Waals surface area contributed by atoms with E-state index in [9.17, 15) is 9.59 Å². The molecule has 27 heavy (non-hydrogen) atoms. The van der Waals surface area contributed by atoms with Gasteiger partial charge in [-0.05, 0) is 30.2 Å². The van der Waals surface area contributed by atoms with E-state index in [0.29, 0.717) is 18.0 Å². The second-order valence-corrected chi connectivity index (χ2v) is 7.34. The number of methoxy groups -OCH3 is 1. The van der Waals surface area contributed by atoms with Gasteiger partial charge in [0.15, 0.2) is 12.6 Å². The molecule has 0 radical (unpaired) electrons. The van der Waals surface area contributed by atoms with Crippen LogP contribution in [0.2, 0.25) is 5.02 Å². The predicted molar refractivity (Wildman–Crippen MR) is 103 cm³/mol. The van der Waals surface area contributed by atoms with Gasteiger partial charge in [-0.2, -0.15) is 0 Å². The van der Waals surface area contributed by atoms with Crippen molar-refractivity contribution in [1.29, 1.82) is 0 Å². The van der Waals surface area contributed by atoms with Crippen LogP contribution in [0.4, 0.5) is 0 Å². The van der Waals surface area contributed by atoms with E-state index in [1.165, 1.54) is 12.7 Å². The number of nitrogens with one attached hydrogen (secondary N) is 2. The molecule has 3 atom stereocenters. The SMILES string of the molecule is COC(=O)[C@H]1Cc2ccccc2C[NH+]1CC(=O)N[C@@H](C)c1ccc(Cl)cc1. The first-order chi connectivity index (χ1) is 13.0. The van der Waals surface area contributed by atoms with Crippen LogP contribution in [0.1, 0.15) is 29.7 Å². The summed E-state index contributed by atoms with van der Waals surface area (Å²) < 4.78 is 4.97. The number of fused-ring (bicyclic) bond motifs is 1. The molecule has 5 nitrogen and oxygen atoms in total. The van der Waals surface area contributed by atoms with Crippen molar-refractivity contribution in [3.05, 3.63) is 70.2 Å². The largest absolute Gasteiger partial charge is 0.465 e. The van der Waals surface area contributed by atoms with Gasteiger partial charge in [0.2, 0.25) is 0 Å². The molecule has 6 heteroatoms. The van der Waals surface area contributed by atoms with E-state index >= 15 is 0 Å². The summed E-state index contributed by atoms with van der Waals surface area (Å²) in [5.74, 6) is -0.376. The Kier molecular flexibility index (Phi) is 6.14. The van der Waals surface area contributed by atoms with Crippen molar-refractivity contribution in [3.63, 3.8) is 0 Å². The summed E-state index contributed by atoms with van der Waals surface area (Å²) >= 11 is 5.92. The number of esters is 1. The Morgan fingerprint density at radius 2 is 1.85 bits per heavy atom. The molecule has 1 unspecified atom stereocenters. The highest BCUT2D eigenvalue weighted by atomic mass is 35.5. The fraction of sp³-hybridized carbons (Fsp3) is 0.333. The molecule has 0 spiro atoms. The quantitative estimate of drug-likeness (QED) is 0.768. The molecule has 3 rings (SSSR count). The molecule has 0 fully saturated rings. The average Bonchev–Trinajstić information content (AvgIpc) is 2.67. The van der Waals surface area contributed by atoms with Crippen molar-refractivity contribution in [2.45, 2.75) is 32.0 Å². The molecule has 0 saturated carbocycles. The molecule has 2 aromatic carbocycles. The van der Waals surface area contributed by atoms with E-state index in [-0.39, 0.29) is 30.5 Å². The van der Waals surface area contributed by atoms with Gasteiger partial charge >= 0.3 is 5.97 Å². The molecular weight excluding hydrogens is 364 g/mol. The van der Waals surface area contributed by atoms with Gasteiger partial charge in [-0.25, -0.2) is 4.79 Å². The van der Waals surface area contributed by atoms with E-state index in [0.717, 1.165) is 16.0 Å². The second kappa shape index (κ2) is 8.55. The van der Waals surface area contributed by atoms with Gasteiger partial charge in [0, 0.05) is 17.0 Å². The number of carbonyl (C=O) groups excluding carboxylic acids is 2. The number of halogens is 1. The lowest BCUT2D eigenvalue weighted by molar-refractivity contribution is -0.924. The Morgan fingerprint density at radius 1 is 1.19 bits per heavy atom. The summed E-state index contributed by atoms with van der Waals surface area (Å²) in [7, 11) is 1.39. The smallest absolute Gasteiger partial charge is 0.365 e. The Bertz CT molecular complexity index is 822. The van der Waals surface area contributed by atoms with Gasteiger partial charge < -0.3 is 15.0 Å². The van der Waals surface area contributed by atoms with Crippen LogP contribution < -0.4 is 10.2 Å². The van der Waals surface area contributed by atoms with Crippen LogP contribution in [0, 0.1) is 0 Å². The normalized spacial score (nSPS) is 19.7. The summed E-state index contributed by atoms with van der Waals surface area (Å²) in [5.41, 5.74) is 3.30. The molecule has 1 aliphatic rings. The van der Waals surface area contributed by atoms with Crippen LogP contribution in [-0.4, -0.2) is 31.6 Å². The lowest BCUT2D eigenvalue weighted by Crippen LogP contribution is -3.17. The molecule has 142 valence electrons. The first-order valence-electron chi connectivity index (χ1n) is 9.02. The van der Waals surface area contributed by atoms with Crippen LogP contribution in [-0.2, 0) is 27.3 Å². The lowest BCUT2D eigenvalue weighted by Gasteiger charge is -2.32. The van der Waals surface area contributed by atoms with Crippen LogP contribution >= 0.6 is 11.6 Å². The highest BCUT2D eigenvalue weighted by Crippen LogP contribution is 2.16. The monoisotopic (exact) mass is 387 g/mol. The molecule has 1 amide bonds. The lowest BCUT2D eigenvalue weighted by atomic mass is 9.94. The van der Waals surface area contributed by atoms with Crippen LogP contribution in [0.25, 0.3) is 0 Å². The predicted octanol–water partition coefficient (Wildman–Crippen LogP) is 1.70. The topological polar surface area (TPSA) is 59.8 Å². The van der Waals surface area contributed by atoms with Gasteiger partial charge in [0.25, 0.3) is 5.91 Å². The van der Waals surface area contributed by atoms with Gasteiger partial charge in [-0.3, -0.25) is 4.79 Å². The molecular formula is C21H24ClN2O3+. The van der Waals surface area contributed by atoms with Crippen molar-refractivity contribution in [3.8, 4) is 0 Å². The molecule has 0 aromatic heterocycles. The molecule has 2 N–H and O–H groups in total. The third kappa shape index (κ3) is 4.67. The maximum absolute atomic E-state index is 12.6. The number of amides is 1. The highest BCUT2D eigenvalue weighted by Gasteiger charge is 2.37. The number of quaternary nitrogens is 1. The first kappa shape index (κ1) is 19.4. The molecule has 0 aliphatic carbocycles. The van der Waals surface area contributed by atoms with Crippen molar-refractivity contribution in [2.75, 3.05) is 13.7 Å². The van der Waals surface area contributed by atoms with Crippen molar-refractivity contribution in [2.24, 2.45) is 0 Å². The van der Waals surface area contributed by atoms with Gasteiger partial charge in [-0.15, -0.1) is 0 Å². The number of ether oxygens (including phenoxy) is 1. The summed E-state index contributed by atoms with van der Waals surface area (Å²) in [5, 5.41) is 3.67. The first-order valence-corrected chi connectivity index (χ1v) is 9.39. The fourth-order valence-corrected chi connectivity index (χ4v) is 3.70. The Morgan fingerprint density at radius 3 is 2.52 bits per heavy atom. The summed E-state index contributed by atoms with van der Waals surface area (Å²) in [6.07, 6.45) is 0.582. The van der Waals surface area contributed by atoms with Gasteiger partial charge in [-0.1, -0.05) is 48.0 Å². The zero-order chi connectivity index (χ0) is 19.4. The summed E-state index contributed by atoms with van der Waals surface area (Å²) in [6.45, 7) is 2.77. The van der Waals surface area contributed by atoms with Crippen LogP contribution in [0.15, 0.2) is 48.5 Å². The summed E-state index contributed by atoms with van der Waals surface area (Å²) in [6, 6.07) is 14.9. The highest BCUT2D eigenvalue weighted by molar-refractivity contribution is 6.30. The van der Waals surface area contributed by atoms with Crippen molar-refractivity contribution < 1.29 is 19.2 Å². The Hall–Kier alpha value is -2.37. The molecule has 0 saturated heterocycles. The van der Waals surface area contributed by atoms with Crippen molar-refractivity contribution in [1.82, 2.24) is 5.32 Å². The molecule has 1 heterocycles. The number of benzene rings is 2. The molecule has 1 aliphatic heterocycles.